The molecule has 0 aromatic rings. The number of hydrogen-bond donors (Lipinski definition) is 2. The van der Waals surface area contributed by atoms with Crippen LogP contribution in [0.2, 0.25) is 0 Å². The smallest absolute Gasteiger partial charge is 0.244 e. The molecule has 2 aliphatic rings. The van der Waals surface area contributed by atoms with Crippen LogP contribution in [0.15, 0.2) is 0 Å². The second-order valence-electron chi connectivity index (χ2n) is 5.53. The predicted octanol–water partition coefficient (Wildman–Crippen LogP) is 0.241. The number of likely N-dealkylation sites (tertiary alicyclic amines) is 1. The van der Waals surface area contributed by atoms with E-state index >= 15 is 0 Å². The molecule has 0 radical (unpaired) electrons. The number of rotatable bonds is 3. The zero-order valence-electron chi connectivity index (χ0n) is 11.0. The standard InChI is InChI=1S/C13H23N3O2/c1-9(13(18)16-6-2-3-7-16)15-12(17)10-4-5-11(14)8-10/h9-11H,2-8,14H2,1H3,(H,15,17). The fourth-order valence-electron chi connectivity index (χ4n) is 2.86. The molecule has 2 rings (SSSR count). The second-order valence-corrected chi connectivity index (χ2v) is 5.53. The van der Waals surface area contributed by atoms with Crippen LogP contribution in [0.5, 0.6) is 0 Å². The first kappa shape index (κ1) is 13.3. The molecule has 3 unspecified atom stereocenters. The van der Waals surface area contributed by atoms with Crippen LogP contribution in [-0.2, 0) is 9.59 Å². The van der Waals surface area contributed by atoms with Crippen molar-refractivity contribution in [2.75, 3.05) is 13.1 Å². The molecule has 18 heavy (non-hydrogen) atoms. The first-order valence-electron chi connectivity index (χ1n) is 6.92. The highest BCUT2D eigenvalue weighted by Gasteiger charge is 2.30. The summed E-state index contributed by atoms with van der Waals surface area (Å²) in [6.07, 6.45) is 4.65. The van der Waals surface area contributed by atoms with Gasteiger partial charge in [0.25, 0.3) is 0 Å². The molecule has 3 atom stereocenters. The zero-order chi connectivity index (χ0) is 13.1. The van der Waals surface area contributed by atoms with Crippen molar-refractivity contribution >= 4 is 11.8 Å². The van der Waals surface area contributed by atoms with E-state index in [2.05, 4.69) is 5.32 Å². The number of nitrogens with zero attached hydrogens (tertiary/aromatic N) is 1. The van der Waals surface area contributed by atoms with Gasteiger partial charge in [-0.3, -0.25) is 9.59 Å². The van der Waals surface area contributed by atoms with Gasteiger partial charge in [0.1, 0.15) is 6.04 Å². The highest BCUT2D eigenvalue weighted by molar-refractivity contribution is 5.88. The monoisotopic (exact) mass is 253 g/mol. The van der Waals surface area contributed by atoms with Crippen molar-refractivity contribution in [3.63, 3.8) is 0 Å². The molecule has 3 N–H and O–H groups in total. The summed E-state index contributed by atoms with van der Waals surface area (Å²) in [5, 5.41) is 2.83. The van der Waals surface area contributed by atoms with Crippen LogP contribution in [0.25, 0.3) is 0 Å². The van der Waals surface area contributed by atoms with Gasteiger partial charge in [-0.2, -0.15) is 0 Å². The molecule has 5 nitrogen and oxygen atoms in total. The Morgan fingerprint density at radius 1 is 1.28 bits per heavy atom. The lowest BCUT2D eigenvalue weighted by Crippen LogP contribution is -2.47. The molecule has 1 heterocycles. The molecule has 2 amide bonds. The zero-order valence-corrected chi connectivity index (χ0v) is 11.0. The number of nitrogens with two attached hydrogens (primary N) is 1. The van der Waals surface area contributed by atoms with E-state index in [-0.39, 0.29) is 23.8 Å². The number of amides is 2. The number of carbonyl (C=O) groups excluding carboxylic acids is 2. The van der Waals surface area contributed by atoms with E-state index in [1.165, 1.54) is 0 Å². The van der Waals surface area contributed by atoms with Crippen molar-refractivity contribution in [2.24, 2.45) is 11.7 Å². The molecular formula is C13H23N3O2. The van der Waals surface area contributed by atoms with Gasteiger partial charge in [-0.25, -0.2) is 0 Å². The van der Waals surface area contributed by atoms with Gasteiger partial charge in [-0.15, -0.1) is 0 Å². The molecule has 0 spiro atoms. The number of nitrogens with one attached hydrogen (secondary N) is 1. The van der Waals surface area contributed by atoms with Crippen LogP contribution in [0.4, 0.5) is 0 Å². The third kappa shape index (κ3) is 3.02. The maximum atomic E-state index is 12.0. The molecule has 5 heteroatoms. The van der Waals surface area contributed by atoms with Crippen molar-refractivity contribution in [2.45, 2.75) is 51.1 Å². The topological polar surface area (TPSA) is 75.4 Å². The Balaban J connectivity index is 1.81. The lowest BCUT2D eigenvalue weighted by Gasteiger charge is -2.22. The Kier molecular flexibility index (Phi) is 4.22. The molecule has 1 aliphatic heterocycles. The van der Waals surface area contributed by atoms with Gasteiger partial charge in [0.05, 0.1) is 0 Å². The Morgan fingerprint density at radius 2 is 1.94 bits per heavy atom. The maximum Gasteiger partial charge on any atom is 0.244 e. The Labute approximate surface area is 108 Å². The highest BCUT2D eigenvalue weighted by Crippen LogP contribution is 2.24. The lowest BCUT2D eigenvalue weighted by molar-refractivity contribution is -0.136. The minimum absolute atomic E-state index is 0.00571. The summed E-state index contributed by atoms with van der Waals surface area (Å²) < 4.78 is 0. The van der Waals surface area contributed by atoms with Gasteiger partial charge in [0.15, 0.2) is 0 Å². The third-order valence-electron chi connectivity index (χ3n) is 3.99. The quantitative estimate of drug-likeness (QED) is 0.756. The minimum atomic E-state index is -0.410. The van der Waals surface area contributed by atoms with Crippen LogP contribution in [0, 0.1) is 5.92 Å². The van der Waals surface area contributed by atoms with Crippen LogP contribution < -0.4 is 11.1 Å². The van der Waals surface area contributed by atoms with Crippen molar-refractivity contribution in [3.05, 3.63) is 0 Å². The van der Waals surface area contributed by atoms with E-state index in [1.807, 2.05) is 4.90 Å². The average Bonchev–Trinajstić information content (AvgIpc) is 2.98. The summed E-state index contributed by atoms with van der Waals surface area (Å²) in [5.41, 5.74) is 5.80. The Morgan fingerprint density at radius 3 is 2.50 bits per heavy atom. The van der Waals surface area contributed by atoms with Crippen LogP contribution in [-0.4, -0.2) is 41.9 Å². The predicted molar refractivity (Wildman–Crippen MR) is 68.7 cm³/mol. The SMILES string of the molecule is CC(NC(=O)C1CCC(N)C1)C(=O)N1CCCC1. The van der Waals surface area contributed by atoms with Gasteiger partial charge in [0, 0.05) is 25.0 Å². The van der Waals surface area contributed by atoms with Gasteiger partial charge in [-0.1, -0.05) is 0 Å². The summed E-state index contributed by atoms with van der Waals surface area (Å²) in [5.74, 6) is 0.0278. The van der Waals surface area contributed by atoms with E-state index in [0.717, 1.165) is 45.2 Å². The lowest BCUT2D eigenvalue weighted by atomic mass is 10.1. The van der Waals surface area contributed by atoms with Crippen LogP contribution in [0.1, 0.15) is 39.0 Å². The number of hydrogen-bond acceptors (Lipinski definition) is 3. The molecule has 0 aromatic carbocycles. The molecule has 0 aromatic heterocycles. The Bertz CT molecular complexity index is 326. The highest BCUT2D eigenvalue weighted by atomic mass is 16.2. The molecule has 2 fully saturated rings. The van der Waals surface area contributed by atoms with Crippen molar-refractivity contribution in [1.29, 1.82) is 0 Å². The summed E-state index contributed by atoms with van der Waals surface area (Å²) in [7, 11) is 0. The summed E-state index contributed by atoms with van der Waals surface area (Å²) in [6, 6.07) is -0.266. The van der Waals surface area contributed by atoms with Crippen molar-refractivity contribution in [3.8, 4) is 0 Å². The fraction of sp³-hybridized carbons (Fsp3) is 0.846. The van der Waals surface area contributed by atoms with Gasteiger partial charge in [-0.05, 0) is 39.0 Å². The van der Waals surface area contributed by atoms with Crippen molar-refractivity contribution in [1.82, 2.24) is 10.2 Å². The van der Waals surface area contributed by atoms with Crippen molar-refractivity contribution < 1.29 is 9.59 Å². The summed E-state index contributed by atoms with van der Waals surface area (Å²) in [4.78, 5) is 25.9. The van der Waals surface area contributed by atoms with Gasteiger partial charge < -0.3 is 16.0 Å². The average molecular weight is 253 g/mol. The number of carbonyl (C=O) groups is 2. The molecule has 1 aliphatic carbocycles. The van der Waals surface area contributed by atoms with E-state index in [1.54, 1.807) is 6.92 Å². The summed E-state index contributed by atoms with van der Waals surface area (Å²) >= 11 is 0. The van der Waals surface area contributed by atoms with Crippen LogP contribution >= 0.6 is 0 Å². The van der Waals surface area contributed by atoms with E-state index in [0.29, 0.717) is 0 Å². The molecule has 1 saturated carbocycles. The molecular weight excluding hydrogens is 230 g/mol. The third-order valence-corrected chi connectivity index (χ3v) is 3.99. The normalized spacial score (nSPS) is 29.3. The minimum Gasteiger partial charge on any atom is -0.344 e. The first-order chi connectivity index (χ1) is 8.58. The second kappa shape index (κ2) is 5.69. The molecule has 102 valence electrons. The molecule has 1 saturated heterocycles. The maximum absolute atomic E-state index is 12.0. The van der Waals surface area contributed by atoms with Gasteiger partial charge in [0.2, 0.25) is 11.8 Å². The first-order valence-corrected chi connectivity index (χ1v) is 6.92. The Hall–Kier alpha value is -1.10. The fourth-order valence-corrected chi connectivity index (χ4v) is 2.86. The largest absolute Gasteiger partial charge is 0.344 e. The summed E-state index contributed by atoms with van der Waals surface area (Å²) in [6.45, 7) is 3.42. The molecule has 0 bridgehead atoms. The van der Waals surface area contributed by atoms with E-state index in [4.69, 9.17) is 5.73 Å². The van der Waals surface area contributed by atoms with E-state index in [9.17, 15) is 9.59 Å². The van der Waals surface area contributed by atoms with E-state index < -0.39 is 6.04 Å². The van der Waals surface area contributed by atoms with Crippen LogP contribution in [0.3, 0.4) is 0 Å². The van der Waals surface area contributed by atoms with Gasteiger partial charge >= 0.3 is 0 Å².